The third-order valence-electron chi connectivity index (χ3n) is 4.63. The van der Waals surface area contributed by atoms with Crippen molar-refractivity contribution in [3.63, 3.8) is 0 Å². The summed E-state index contributed by atoms with van der Waals surface area (Å²) in [5.41, 5.74) is 3.33. The average molecular weight is 424 g/mol. The molecule has 160 valence electrons. The number of allylic oxidation sites excluding steroid dienone is 1. The van der Waals surface area contributed by atoms with E-state index < -0.39 is 5.60 Å². The van der Waals surface area contributed by atoms with E-state index in [2.05, 4.69) is 83.0 Å². The van der Waals surface area contributed by atoms with Gasteiger partial charge in [0.05, 0.1) is 13.2 Å². The lowest BCUT2D eigenvalue weighted by Gasteiger charge is -2.19. The van der Waals surface area contributed by atoms with Gasteiger partial charge in [0.2, 0.25) is 0 Å². The Labute approximate surface area is 186 Å². The molecule has 0 saturated carbocycles. The lowest BCUT2D eigenvalue weighted by Crippen LogP contribution is -2.22. The zero-order valence-corrected chi connectivity index (χ0v) is 19.4. The molecule has 0 amide bonds. The molecule has 2 rings (SSSR count). The zero-order chi connectivity index (χ0) is 21.7. The fourth-order valence-corrected chi connectivity index (χ4v) is 3.34. The molecule has 1 aromatic carbocycles. The number of hydrogen-bond donors (Lipinski definition) is 0. The molecule has 0 atom stereocenters. The van der Waals surface area contributed by atoms with Crippen molar-refractivity contribution in [2.24, 2.45) is 0 Å². The van der Waals surface area contributed by atoms with Gasteiger partial charge >= 0.3 is 0 Å². The van der Waals surface area contributed by atoms with Gasteiger partial charge in [0, 0.05) is 20.2 Å². The van der Waals surface area contributed by atoms with E-state index in [4.69, 9.17) is 9.47 Å². The number of likely N-dealkylation sites (N-methyl/N-ethyl adjacent to an activating group) is 1. The van der Waals surface area contributed by atoms with Gasteiger partial charge in [0.15, 0.2) is 0 Å². The summed E-state index contributed by atoms with van der Waals surface area (Å²) in [6, 6.07) is 10.7. The predicted molar refractivity (Wildman–Crippen MR) is 128 cm³/mol. The first-order valence-corrected chi connectivity index (χ1v) is 11.3. The topological polar surface area (TPSA) is 21.7 Å². The SMILES string of the molecule is CCN(CC=CC#CC(C)(C)OC)Cc1cccc(COCC=Cc2ccsc2)c1. The van der Waals surface area contributed by atoms with Gasteiger partial charge in [-0.25, -0.2) is 0 Å². The van der Waals surface area contributed by atoms with Gasteiger partial charge in [-0.2, -0.15) is 11.3 Å². The number of thiophene rings is 1. The van der Waals surface area contributed by atoms with Crippen molar-refractivity contribution in [2.75, 3.05) is 26.8 Å². The maximum atomic E-state index is 5.80. The van der Waals surface area contributed by atoms with Crippen LogP contribution >= 0.6 is 11.3 Å². The minimum Gasteiger partial charge on any atom is -0.373 e. The fraction of sp³-hybridized carbons (Fsp3) is 0.385. The van der Waals surface area contributed by atoms with E-state index in [9.17, 15) is 0 Å². The van der Waals surface area contributed by atoms with Gasteiger partial charge < -0.3 is 9.47 Å². The first kappa shape index (κ1) is 24.1. The van der Waals surface area contributed by atoms with Crippen LogP contribution in [0.15, 0.2) is 59.3 Å². The van der Waals surface area contributed by atoms with Crippen molar-refractivity contribution >= 4 is 17.4 Å². The Morgan fingerprint density at radius 3 is 2.73 bits per heavy atom. The fourth-order valence-electron chi connectivity index (χ4n) is 2.71. The Bertz CT molecular complexity index is 857. The van der Waals surface area contributed by atoms with Crippen LogP contribution in [0.25, 0.3) is 6.08 Å². The molecule has 3 nitrogen and oxygen atoms in total. The first-order chi connectivity index (χ1) is 14.5. The maximum absolute atomic E-state index is 5.80. The molecule has 0 unspecified atom stereocenters. The molecule has 0 N–H and O–H groups in total. The van der Waals surface area contributed by atoms with Crippen LogP contribution in [0.3, 0.4) is 0 Å². The van der Waals surface area contributed by atoms with E-state index in [-0.39, 0.29) is 0 Å². The van der Waals surface area contributed by atoms with Gasteiger partial charge in [-0.05, 0) is 60.0 Å². The Balaban J connectivity index is 1.79. The molecular weight excluding hydrogens is 390 g/mol. The molecule has 0 spiro atoms. The number of rotatable bonds is 11. The van der Waals surface area contributed by atoms with Gasteiger partial charge in [-0.1, -0.05) is 61.3 Å². The number of methoxy groups -OCH3 is 1. The third-order valence-corrected chi connectivity index (χ3v) is 5.33. The standard InChI is InChI=1S/C26H33NO2S/c1-5-27(16-8-6-7-15-26(2,3)28-4)20-24-11-9-12-25(19-24)21-29-17-10-13-23-14-18-30-22-23/h6,8-14,18-19,22H,5,16-17,20-21H2,1-4H3. The van der Waals surface area contributed by atoms with Gasteiger partial charge in [0.1, 0.15) is 5.60 Å². The van der Waals surface area contributed by atoms with Crippen molar-refractivity contribution in [1.82, 2.24) is 4.90 Å². The molecule has 0 aliphatic carbocycles. The lowest BCUT2D eigenvalue weighted by molar-refractivity contribution is 0.0742. The number of ether oxygens (including phenoxy) is 2. The summed E-state index contributed by atoms with van der Waals surface area (Å²) in [5, 5.41) is 4.21. The molecule has 4 heteroatoms. The largest absolute Gasteiger partial charge is 0.373 e. The summed E-state index contributed by atoms with van der Waals surface area (Å²) in [5.74, 6) is 6.17. The summed E-state index contributed by atoms with van der Waals surface area (Å²) in [7, 11) is 1.68. The van der Waals surface area contributed by atoms with Crippen LogP contribution in [0.5, 0.6) is 0 Å². The molecule has 0 radical (unpaired) electrons. The number of benzene rings is 1. The van der Waals surface area contributed by atoms with Crippen molar-refractivity contribution in [3.8, 4) is 11.8 Å². The summed E-state index contributed by atoms with van der Waals surface area (Å²) in [4.78, 5) is 2.38. The minimum absolute atomic E-state index is 0.406. The molecule has 0 bridgehead atoms. The Hall–Kier alpha value is -2.16. The van der Waals surface area contributed by atoms with Crippen LogP contribution in [-0.2, 0) is 22.6 Å². The van der Waals surface area contributed by atoms with Gasteiger partial charge in [-0.3, -0.25) is 4.90 Å². The highest BCUT2D eigenvalue weighted by molar-refractivity contribution is 7.08. The monoisotopic (exact) mass is 423 g/mol. The van der Waals surface area contributed by atoms with Crippen molar-refractivity contribution in [2.45, 2.75) is 39.5 Å². The first-order valence-electron chi connectivity index (χ1n) is 10.3. The van der Waals surface area contributed by atoms with Gasteiger partial charge in [0.25, 0.3) is 0 Å². The summed E-state index contributed by atoms with van der Waals surface area (Å²) in [6.45, 7) is 10.1. The molecular formula is C26H33NO2S. The van der Waals surface area contributed by atoms with Gasteiger partial charge in [-0.15, -0.1) is 0 Å². The van der Waals surface area contributed by atoms with Crippen LogP contribution in [0.4, 0.5) is 0 Å². The quantitative estimate of drug-likeness (QED) is 0.337. The highest BCUT2D eigenvalue weighted by atomic mass is 32.1. The Morgan fingerprint density at radius 1 is 1.17 bits per heavy atom. The average Bonchev–Trinajstić information content (AvgIpc) is 3.26. The lowest BCUT2D eigenvalue weighted by atomic mass is 10.1. The van der Waals surface area contributed by atoms with Crippen molar-refractivity contribution < 1.29 is 9.47 Å². The van der Waals surface area contributed by atoms with E-state index in [1.807, 2.05) is 19.9 Å². The second kappa shape index (κ2) is 13.2. The molecule has 1 heterocycles. The molecule has 0 fully saturated rings. The van der Waals surface area contributed by atoms with Crippen LogP contribution < -0.4 is 0 Å². The molecule has 30 heavy (non-hydrogen) atoms. The summed E-state index contributed by atoms with van der Waals surface area (Å²) < 4.78 is 11.1. The number of hydrogen-bond acceptors (Lipinski definition) is 4. The van der Waals surface area contributed by atoms with E-state index in [0.29, 0.717) is 13.2 Å². The van der Waals surface area contributed by atoms with E-state index >= 15 is 0 Å². The minimum atomic E-state index is -0.406. The van der Waals surface area contributed by atoms with Crippen molar-refractivity contribution in [3.05, 3.63) is 76.0 Å². The van der Waals surface area contributed by atoms with Crippen LogP contribution in [-0.4, -0.2) is 37.3 Å². The Morgan fingerprint density at radius 2 is 2.00 bits per heavy atom. The predicted octanol–water partition coefficient (Wildman–Crippen LogP) is 5.78. The van der Waals surface area contributed by atoms with E-state index in [1.165, 1.54) is 16.7 Å². The normalized spacial score (nSPS) is 12.0. The van der Waals surface area contributed by atoms with E-state index in [1.54, 1.807) is 18.4 Å². The van der Waals surface area contributed by atoms with Crippen LogP contribution in [0, 0.1) is 11.8 Å². The summed E-state index contributed by atoms with van der Waals surface area (Å²) in [6.07, 6.45) is 8.18. The second-order valence-electron chi connectivity index (χ2n) is 7.51. The van der Waals surface area contributed by atoms with E-state index in [0.717, 1.165) is 19.6 Å². The highest BCUT2D eigenvalue weighted by Gasteiger charge is 2.10. The summed E-state index contributed by atoms with van der Waals surface area (Å²) >= 11 is 1.71. The molecule has 0 saturated heterocycles. The van der Waals surface area contributed by atoms with Crippen LogP contribution in [0.2, 0.25) is 0 Å². The zero-order valence-electron chi connectivity index (χ0n) is 18.6. The molecule has 1 aromatic heterocycles. The molecule has 0 aliphatic rings. The van der Waals surface area contributed by atoms with Crippen LogP contribution in [0.1, 0.15) is 37.5 Å². The molecule has 2 aromatic rings. The van der Waals surface area contributed by atoms with Crippen molar-refractivity contribution in [1.29, 1.82) is 0 Å². The third kappa shape index (κ3) is 9.56. The highest BCUT2D eigenvalue weighted by Crippen LogP contribution is 2.11. The smallest absolute Gasteiger partial charge is 0.123 e. The number of nitrogens with zero attached hydrogens (tertiary/aromatic N) is 1. The maximum Gasteiger partial charge on any atom is 0.123 e. The Kier molecular flexibility index (Phi) is 10.6. The molecule has 0 aliphatic heterocycles. The second-order valence-corrected chi connectivity index (χ2v) is 8.29.